The molecule has 19 nitrogen and oxygen atoms in total. The molecule has 41 heavy (non-hydrogen) atoms. The molecule has 3 rings (SSSR count). The van der Waals surface area contributed by atoms with Crippen molar-refractivity contribution in [2.24, 2.45) is 28.1 Å². The Balaban J connectivity index is 0.00000588. The average molecular weight is 620 g/mol. The van der Waals surface area contributed by atoms with Gasteiger partial charge in [0.05, 0.1) is 38.0 Å². The zero-order chi connectivity index (χ0) is 29.9. The summed E-state index contributed by atoms with van der Waals surface area (Å²) in [5, 5.41) is 95.4. The molecule has 0 bridgehead atoms. The summed E-state index contributed by atoms with van der Waals surface area (Å²) in [4.78, 5) is 3.92. The number of hydrogen-bond acceptors (Lipinski definition) is 15. The fourth-order valence-electron chi connectivity index (χ4n) is 5.30. The second-order valence-corrected chi connectivity index (χ2v) is 9.89. The Labute approximate surface area is 241 Å². The largest absolute Gasteiger partial charge is 0.396 e. The van der Waals surface area contributed by atoms with Gasteiger partial charge in [-0.05, 0) is 7.05 Å². The molecule has 3 aliphatic rings. The lowest BCUT2D eigenvalue weighted by Crippen LogP contribution is -2.69. The van der Waals surface area contributed by atoms with Gasteiger partial charge in [-0.25, -0.2) is 4.99 Å². The Morgan fingerprint density at radius 1 is 0.780 bits per heavy atom. The fraction of sp³-hybridized carbons (Fsp3) is 0.905. The van der Waals surface area contributed by atoms with Crippen molar-refractivity contribution in [1.82, 2.24) is 10.6 Å². The van der Waals surface area contributed by atoms with Crippen molar-refractivity contribution in [3.63, 3.8) is 0 Å². The number of halogens is 1. The Morgan fingerprint density at radius 2 is 1.34 bits per heavy atom. The standard InChI is InChI=1S/C21H41N7O12.ClH/c1-26-10-14(35)11(32)7(4-31)38-18(10)39-16-5(2-29)6(3-30)37-19(16)40-17-9(28-21(24)25)12(33)8(27-20(22)23)13(34)15(17)36;/h5-19,26,29-36H,2-4H2,1H3,(H4,22,23,27)(H4,24,25,28);1H. The van der Waals surface area contributed by atoms with Crippen LogP contribution in [0.4, 0.5) is 0 Å². The second-order valence-electron chi connectivity index (χ2n) is 9.89. The molecule has 0 aromatic rings. The van der Waals surface area contributed by atoms with E-state index in [1.54, 1.807) is 0 Å². The first-order chi connectivity index (χ1) is 18.9. The molecule has 2 aliphatic heterocycles. The number of aliphatic hydroxyl groups excluding tert-OH is 8. The fourth-order valence-corrected chi connectivity index (χ4v) is 5.30. The van der Waals surface area contributed by atoms with E-state index in [2.05, 4.69) is 15.6 Å². The molecular formula is C21H42ClN7O12. The van der Waals surface area contributed by atoms with Crippen LogP contribution in [0, 0.1) is 11.3 Å². The number of aliphatic hydroxyl groups is 8. The number of ether oxygens (including phenoxy) is 4. The maximum atomic E-state index is 10.9. The normalized spacial score (nSPS) is 44.6. The number of nitrogens with zero attached hydrogens (tertiary/aromatic N) is 1. The third kappa shape index (κ3) is 7.46. The molecule has 0 aromatic carbocycles. The summed E-state index contributed by atoms with van der Waals surface area (Å²) in [5.41, 5.74) is 16.4. The van der Waals surface area contributed by atoms with Crippen molar-refractivity contribution in [3.05, 3.63) is 0 Å². The van der Waals surface area contributed by atoms with Gasteiger partial charge < -0.3 is 87.6 Å². The molecule has 17 N–H and O–H groups in total. The van der Waals surface area contributed by atoms with E-state index in [9.17, 15) is 40.9 Å². The Kier molecular flexibility index (Phi) is 13.1. The summed E-state index contributed by atoms with van der Waals surface area (Å²) in [6.07, 6.45) is -16.0. The van der Waals surface area contributed by atoms with Crippen LogP contribution in [0.1, 0.15) is 0 Å². The van der Waals surface area contributed by atoms with E-state index >= 15 is 0 Å². The van der Waals surface area contributed by atoms with E-state index in [0.717, 1.165) is 0 Å². The zero-order valence-corrected chi connectivity index (χ0v) is 22.9. The van der Waals surface area contributed by atoms with Gasteiger partial charge in [0.15, 0.2) is 24.5 Å². The molecular weight excluding hydrogens is 578 g/mol. The predicted molar refractivity (Wildman–Crippen MR) is 140 cm³/mol. The first-order valence-electron chi connectivity index (χ1n) is 12.6. The van der Waals surface area contributed by atoms with Crippen molar-refractivity contribution in [3.8, 4) is 0 Å². The van der Waals surface area contributed by atoms with Crippen LogP contribution < -0.4 is 27.8 Å². The minimum atomic E-state index is -1.79. The highest BCUT2D eigenvalue weighted by molar-refractivity contribution is 5.85. The van der Waals surface area contributed by atoms with Crippen LogP contribution in [0.2, 0.25) is 0 Å². The van der Waals surface area contributed by atoms with E-state index in [1.165, 1.54) is 7.05 Å². The van der Waals surface area contributed by atoms with Crippen LogP contribution >= 0.6 is 12.4 Å². The van der Waals surface area contributed by atoms with E-state index < -0.39 is 123 Å². The molecule has 1 aliphatic carbocycles. The summed E-state index contributed by atoms with van der Waals surface area (Å²) in [5.74, 6) is -2.06. The monoisotopic (exact) mass is 619 g/mol. The molecule has 20 heteroatoms. The number of nitrogens with one attached hydrogen (secondary N) is 3. The van der Waals surface area contributed by atoms with E-state index in [4.69, 9.17) is 41.6 Å². The van der Waals surface area contributed by atoms with Crippen molar-refractivity contribution < 1.29 is 59.8 Å². The number of aliphatic imine (C=N–C) groups is 1. The number of rotatable bonds is 10. The van der Waals surface area contributed by atoms with Crippen LogP contribution in [0.15, 0.2) is 4.99 Å². The summed E-state index contributed by atoms with van der Waals surface area (Å²) >= 11 is 0. The smallest absolute Gasteiger partial charge is 0.186 e. The topological polar surface area (TPSA) is 337 Å². The molecule has 0 radical (unpaired) electrons. The lowest BCUT2D eigenvalue weighted by atomic mass is 9.81. The number of guanidine groups is 2. The molecule has 240 valence electrons. The number of hydrogen-bond donors (Lipinski definition) is 14. The maximum absolute atomic E-state index is 10.9. The predicted octanol–water partition coefficient (Wildman–Crippen LogP) is -7.88. The second kappa shape index (κ2) is 15.2. The third-order valence-electron chi connectivity index (χ3n) is 7.39. The first kappa shape index (κ1) is 35.5. The van der Waals surface area contributed by atoms with Crippen molar-refractivity contribution >= 4 is 24.3 Å². The Morgan fingerprint density at radius 3 is 1.85 bits per heavy atom. The lowest BCUT2D eigenvalue weighted by Gasteiger charge is -2.46. The maximum Gasteiger partial charge on any atom is 0.186 e. The highest BCUT2D eigenvalue weighted by atomic mass is 35.5. The van der Waals surface area contributed by atoms with Gasteiger partial charge in [-0.1, -0.05) is 0 Å². The molecule has 0 spiro atoms. The van der Waals surface area contributed by atoms with Gasteiger partial charge in [-0.2, -0.15) is 0 Å². The van der Waals surface area contributed by atoms with Crippen molar-refractivity contribution in [1.29, 1.82) is 5.41 Å². The minimum absolute atomic E-state index is 0. The van der Waals surface area contributed by atoms with Crippen LogP contribution in [-0.2, 0) is 18.9 Å². The van der Waals surface area contributed by atoms with Crippen LogP contribution in [0.3, 0.4) is 0 Å². The Hall–Kier alpha value is -1.69. The van der Waals surface area contributed by atoms with Crippen LogP contribution in [0.5, 0.6) is 0 Å². The first-order valence-corrected chi connectivity index (χ1v) is 12.6. The van der Waals surface area contributed by atoms with Gasteiger partial charge >= 0.3 is 0 Å². The molecule has 0 amide bonds. The molecule has 15 atom stereocenters. The van der Waals surface area contributed by atoms with Gasteiger partial charge in [-0.3, -0.25) is 5.41 Å². The van der Waals surface area contributed by atoms with Gasteiger partial charge in [0.2, 0.25) is 0 Å². The zero-order valence-electron chi connectivity index (χ0n) is 22.1. The minimum Gasteiger partial charge on any atom is -0.396 e. The van der Waals surface area contributed by atoms with E-state index in [-0.39, 0.29) is 12.4 Å². The lowest BCUT2D eigenvalue weighted by molar-refractivity contribution is -0.310. The van der Waals surface area contributed by atoms with Crippen molar-refractivity contribution in [2.75, 3.05) is 26.9 Å². The van der Waals surface area contributed by atoms with Gasteiger partial charge in [0, 0.05) is 5.92 Å². The van der Waals surface area contributed by atoms with Crippen molar-refractivity contribution in [2.45, 2.75) is 85.6 Å². The summed E-state index contributed by atoms with van der Waals surface area (Å²) in [6, 6.07) is -3.83. The van der Waals surface area contributed by atoms with Gasteiger partial charge in [0.1, 0.15) is 54.9 Å². The molecule has 15 unspecified atom stereocenters. The quantitative estimate of drug-likeness (QED) is 0.0796. The average Bonchev–Trinajstić information content (AvgIpc) is 3.24. The van der Waals surface area contributed by atoms with Crippen LogP contribution in [-0.4, -0.2) is 165 Å². The van der Waals surface area contributed by atoms with Crippen LogP contribution in [0.25, 0.3) is 0 Å². The third-order valence-corrected chi connectivity index (χ3v) is 7.39. The number of likely N-dealkylation sites (N-methyl/N-ethyl adjacent to an activating group) is 1. The summed E-state index contributed by atoms with van der Waals surface area (Å²) < 4.78 is 23.4. The molecule has 2 heterocycles. The van der Waals surface area contributed by atoms with E-state index in [1.807, 2.05) is 0 Å². The molecule has 0 aromatic heterocycles. The highest BCUT2D eigenvalue weighted by Crippen LogP contribution is 2.36. The Bertz CT molecular complexity index is 879. The number of nitrogens with two attached hydrogens (primary N) is 3. The molecule has 3 fully saturated rings. The summed E-state index contributed by atoms with van der Waals surface area (Å²) in [7, 11) is 1.46. The summed E-state index contributed by atoms with van der Waals surface area (Å²) in [6.45, 7) is -1.83. The molecule has 1 saturated carbocycles. The SMILES string of the molecule is CNC1C(OC2C(OC3C(O)C(O)C(NC(=N)N)C(O)C3N=C(N)N)OC(CO)C2CO)OC(CO)C(O)C1O.Cl. The highest BCUT2D eigenvalue weighted by Gasteiger charge is 2.56. The van der Waals surface area contributed by atoms with E-state index in [0.29, 0.717) is 0 Å². The van der Waals surface area contributed by atoms with Gasteiger partial charge in [0.25, 0.3) is 0 Å². The van der Waals surface area contributed by atoms with Gasteiger partial charge in [-0.15, -0.1) is 12.4 Å². The molecule has 2 saturated heterocycles.